The van der Waals surface area contributed by atoms with Gasteiger partial charge in [0, 0.05) is 19.1 Å². The van der Waals surface area contributed by atoms with E-state index in [0.717, 1.165) is 30.7 Å². The number of halogens is 3. The summed E-state index contributed by atoms with van der Waals surface area (Å²) >= 11 is 0. The van der Waals surface area contributed by atoms with Gasteiger partial charge in [0.2, 0.25) is 5.91 Å². The summed E-state index contributed by atoms with van der Waals surface area (Å²) in [5, 5.41) is 0. The van der Waals surface area contributed by atoms with Crippen LogP contribution in [0.5, 0.6) is 5.75 Å². The molecule has 0 aromatic heterocycles. The van der Waals surface area contributed by atoms with E-state index in [1.807, 2.05) is 31.2 Å². The van der Waals surface area contributed by atoms with E-state index < -0.39 is 12.1 Å². The zero-order valence-corrected chi connectivity index (χ0v) is 15.7. The predicted octanol–water partition coefficient (Wildman–Crippen LogP) is 4.02. The summed E-state index contributed by atoms with van der Waals surface area (Å²) in [6.07, 6.45) is -1.76. The van der Waals surface area contributed by atoms with Gasteiger partial charge in [-0.2, -0.15) is 13.2 Å². The molecule has 2 unspecified atom stereocenters. The number of amides is 1. The first-order valence-electron chi connectivity index (χ1n) is 9.69. The summed E-state index contributed by atoms with van der Waals surface area (Å²) in [6.45, 7) is 3.74. The quantitative estimate of drug-likeness (QED) is 0.769. The van der Waals surface area contributed by atoms with Crippen molar-refractivity contribution in [1.29, 1.82) is 0 Å². The molecule has 0 spiro atoms. The minimum absolute atomic E-state index is 0.117. The molecule has 2 aliphatic rings. The monoisotopic (exact) mass is 384 g/mol. The van der Waals surface area contributed by atoms with E-state index in [2.05, 4.69) is 4.90 Å². The van der Waals surface area contributed by atoms with E-state index in [0.29, 0.717) is 19.6 Å². The molecule has 2 heterocycles. The van der Waals surface area contributed by atoms with Crippen molar-refractivity contribution in [2.45, 2.75) is 44.8 Å². The Morgan fingerprint density at radius 1 is 1.15 bits per heavy atom. The van der Waals surface area contributed by atoms with Crippen LogP contribution in [-0.2, 0) is 4.79 Å². The molecule has 0 N–H and O–H groups in total. The average Bonchev–Trinajstić information content (AvgIpc) is 3.10. The third-order valence-corrected chi connectivity index (χ3v) is 5.51. The molecule has 2 saturated heterocycles. The summed E-state index contributed by atoms with van der Waals surface area (Å²) < 4.78 is 44.5. The Morgan fingerprint density at radius 3 is 2.52 bits per heavy atom. The highest BCUT2D eigenvalue weighted by Gasteiger charge is 2.43. The standard InChI is InChI=1S/C20H27F3N2O2/c1-2-27-17-9-7-15(8-10-17)18-6-4-11-24(18)14-19(26)25-12-3-5-16(13-25)20(21,22)23/h7-10,16,18H,2-6,11-14H2,1H3. The van der Waals surface area contributed by atoms with E-state index in [4.69, 9.17) is 4.74 Å². The summed E-state index contributed by atoms with van der Waals surface area (Å²) in [5.41, 5.74) is 1.12. The third-order valence-electron chi connectivity index (χ3n) is 5.51. The van der Waals surface area contributed by atoms with Crippen LogP contribution in [0.15, 0.2) is 24.3 Å². The summed E-state index contributed by atoms with van der Waals surface area (Å²) in [6, 6.07) is 8.01. The van der Waals surface area contributed by atoms with Crippen molar-refractivity contribution < 1.29 is 22.7 Å². The molecule has 0 saturated carbocycles. The lowest BCUT2D eigenvalue weighted by molar-refractivity contribution is -0.188. The molecule has 0 aliphatic carbocycles. The Bertz CT molecular complexity index is 633. The Labute approximate surface area is 158 Å². The molecule has 2 atom stereocenters. The van der Waals surface area contributed by atoms with Gasteiger partial charge in [-0.3, -0.25) is 9.69 Å². The SMILES string of the molecule is CCOc1ccc(C2CCCN2CC(=O)N2CCCC(C(F)(F)F)C2)cc1. The van der Waals surface area contributed by atoms with E-state index in [1.165, 1.54) is 4.90 Å². The van der Waals surface area contributed by atoms with Crippen molar-refractivity contribution in [2.75, 3.05) is 32.8 Å². The molecule has 1 amide bonds. The summed E-state index contributed by atoms with van der Waals surface area (Å²) in [5.74, 6) is -0.772. The molecule has 0 bridgehead atoms. The van der Waals surface area contributed by atoms with Gasteiger partial charge in [0.1, 0.15) is 5.75 Å². The number of hydrogen-bond donors (Lipinski definition) is 0. The van der Waals surface area contributed by atoms with Crippen molar-refractivity contribution in [2.24, 2.45) is 5.92 Å². The maximum atomic E-state index is 13.0. The molecule has 1 aromatic carbocycles. The van der Waals surface area contributed by atoms with Crippen LogP contribution in [0.4, 0.5) is 13.2 Å². The maximum Gasteiger partial charge on any atom is 0.393 e. The number of alkyl halides is 3. The number of rotatable bonds is 5. The molecule has 150 valence electrons. The number of carbonyl (C=O) groups is 1. The molecule has 0 radical (unpaired) electrons. The van der Waals surface area contributed by atoms with Crippen LogP contribution in [-0.4, -0.2) is 54.7 Å². The molecule has 1 aromatic rings. The minimum atomic E-state index is -4.22. The average molecular weight is 384 g/mol. The zero-order chi connectivity index (χ0) is 19.4. The van der Waals surface area contributed by atoms with Gasteiger partial charge in [0.15, 0.2) is 0 Å². The maximum absolute atomic E-state index is 13.0. The second kappa shape index (κ2) is 8.50. The first kappa shape index (κ1) is 20.0. The summed E-state index contributed by atoms with van der Waals surface area (Å²) in [7, 11) is 0. The van der Waals surface area contributed by atoms with Crippen LogP contribution in [0.3, 0.4) is 0 Å². The van der Waals surface area contributed by atoms with Crippen molar-refractivity contribution >= 4 is 5.91 Å². The molecule has 3 rings (SSSR count). The number of hydrogen-bond acceptors (Lipinski definition) is 3. The lowest BCUT2D eigenvalue weighted by Crippen LogP contribution is -2.47. The molecular weight excluding hydrogens is 357 g/mol. The van der Waals surface area contributed by atoms with E-state index in [9.17, 15) is 18.0 Å². The van der Waals surface area contributed by atoms with E-state index in [1.54, 1.807) is 0 Å². The van der Waals surface area contributed by atoms with Gasteiger partial charge in [0.05, 0.1) is 19.1 Å². The number of piperidine rings is 1. The second-order valence-corrected chi connectivity index (χ2v) is 7.35. The minimum Gasteiger partial charge on any atom is -0.494 e. The van der Waals surface area contributed by atoms with Crippen LogP contribution in [0, 0.1) is 5.92 Å². The lowest BCUT2D eigenvalue weighted by atomic mass is 9.97. The van der Waals surface area contributed by atoms with E-state index in [-0.39, 0.29) is 31.5 Å². The van der Waals surface area contributed by atoms with Crippen molar-refractivity contribution in [3.63, 3.8) is 0 Å². The molecule has 27 heavy (non-hydrogen) atoms. The topological polar surface area (TPSA) is 32.8 Å². The predicted molar refractivity (Wildman–Crippen MR) is 96.5 cm³/mol. The number of ether oxygens (including phenoxy) is 1. The molecule has 2 aliphatic heterocycles. The molecule has 4 nitrogen and oxygen atoms in total. The van der Waals surface area contributed by atoms with Gasteiger partial charge >= 0.3 is 6.18 Å². The smallest absolute Gasteiger partial charge is 0.393 e. The Morgan fingerprint density at radius 2 is 1.85 bits per heavy atom. The number of nitrogens with zero attached hydrogens (tertiary/aromatic N) is 2. The number of likely N-dealkylation sites (tertiary alicyclic amines) is 2. The van der Waals surface area contributed by atoms with Crippen LogP contribution in [0.1, 0.15) is 44.2 Å². The van der Waals surface area contributed by atoms with Crippen LogP contribution < -0.4 is 4.74 Å². The Kier molecular flexibility index (Phi) is 6.29. The molecular formula is C20H27F3N2O2. The van der Waals surface area contributed by atoms with Crippen LogP contribution >= 0.6 is 0 Å². The lowest BCUT2D eigenvalue weighted by Gasteiger charge is -2.35. The highest BCUT2D eigenvalue weighted by atomic mass is 19.4. The largest absolute Gasteiger partial charge is 0.494 e. The Balaban J connectivity index is 1.61. The van der Waals surface area contributed by atoms with Gasteiger partial charge in [-0.1, -0.05) is 12.1 Å². The normalized spacial score (nSPS) is 24.2. The van der Waals surface area contributed by atoms with Crippen LogP contribution in [0.2, 0.25) is 0 Å². The zero-order valence-electron chi connectivity index (χ0n) is 15.7. The third kappa shape index (κ3) is 4.94. The Hall–Kier alpha value is -1.76. The van der Waals surface area contributed by atoms with Gasteiger partial charge in [-0.25, -0.2) is 0 Å². The van der Waals surface area contributed by atoms with Gasteiger partial charge in [-0.15, -0.1) is 0 Å². The highest BCUT2D eigenvalue weighted by molar-refractivity contribution is 5.78. The number of benzene rings is 1. The van der Waals surface area contributed by atoms with Gasteiger partial charge in [-0.05, 0) is 56.8 Å². The first-order valence-corrected chi connectivity index (χ1v) is 9.69. The molecule has 2 fully saturated rings. The summed E-state index contributed by atoms with van der Waals surface area (Å²) in [4.78, 5) is 16.1. The number of carbonyl (C=O) groups excluding carboxylic acids is 1. The van der Waals surface area contributed by atoms with E-state index >= 15 is 0 Å². The second-order valence-electron chi connectivity index (χ2n) is 7.35. The fraction of sp³-hybridized carbons (Fsp3) is 0.650. The molecule has 7 heteroatoms. The van der Waals surface area contributed by atoms with Crippen molar-refractivity contribution in [1.82, 2.24) is 9.80 Å². The highest BCUT2D eigenvalue weighted by Crippen LogP contribution is 2.35. The van der Waals surface area contributed by atoms with Gasteiger partial charge < -0.3 is 9.64 Å². The fourth-order valence-corrected chi connectivity index (χ4v) is 4.09. The van der Waals surface area contributed by atoms with Crippen molar-refractivity contribution in [3.8, 4) is 5.75 Å². The first-order chi connectivity index (χ1) is 12.9. The fourth-order valence-electron chi connectivity index (χ4n) is 4.09. The van der Waals surface area contributed by atoms with Gasteiger partial charge in [0.25, 0.3) is 0 Å². The van der Waals surface area contributed by atoms with Crippen LogP contribution in [0.25, 0.3) is 0 Å². The van der Waals surface area contributed by atoms with Crippen molar-refractivity contribution in [3.05, 3.63) is 29.8 Å².